The number of carbonyl (C=O) groups excluding carboxylic acids is 1. The van der Waals surface area contributed by atoms with Crippen LogP contribution in [0.5, 0.6) is 0 Å². The van der Waals surface area contributed by atoms with Gasteiger partial charge in [0.15, 0.2) is 5.78 Å². The molecule has 0 saturated heterocycles. The van der Waals surface area contributed by atoms with Crippen molar-refractivity contribution in [1.82, 2.24) is 4.57 Å². The lowest BCUT2D eigenvalue weighted by molar-refractivity contribution is 0.101. The Kier molecular flexibility index (Phi) is 3.19. The smallest absolute Gasteiger partial charge is 0.178 e. The summed E-state index contributed by atoms with van der Waals surface area (Å²) in [4.78, 5) is 11.6. The number of ketones is 1. The maximum Gasteiger partial charge on any atom is 0.178 e. The Bertz CT molecular complexity index is 585. The SMILES string of the molecule is CC(=O)c1c(N)cc(C)n1Cc1ccc(F)cc1. The number of nitrogens with zero attached hydrogens (tertiary/aromatic N) is 1. The molecule has 0 atom stereocenters. The van der Waals surface area contributed by atoms with Gasteiger partial charge in [0.2, 0.25) is 0 Å². The first-order valence-corrected chi connectivity index (χ1v) is 5.70. The topological polar surface area (TPSA) is 48.0 Å². The van der Waals surface area contributed by atoms with Crippen LogP contribution in [0.15, 0.2) is 30.3 Å². The van der Waals surface area contributed by atoms with Gasteiger partial charge in [-0.05, 0) is 30.7 Å². The van der Waals surface area contributed by atoms with Crippen molar-refractivity contribution in [2.24, 2.45) is 0 Å². The molecule has 2 rings (SSSR count). The molecule has 1 aromatic heterocycles. The largest absolute Gasteiger partial charge is 0.397 e. The van der Waals surface area contributed by atoms with E-state index in [9.17, 15) is 9.18 Å². The second-order valence-corrected chi connectivity index (χ2v) is 4.36. The van der Waals surface area contributed by atoms with Crippen LogP contribution in [0.1, 0.15) is 28.7 Å². The third-order valence-corrected chi connectivity index (χ3v) is 2.92. The zero-order valence-corrected chi connectivity index (χ0v) is 10.4. The van der Waals surface area contributed by atoms with Gasteiger partial charge in [-0.25, -0.2) is 4.39 Å². The number of benzene rings is 1. The van der Waals surface area contributed by atoms with Crippen LogP contribution in [-0.4, -0.2) is 10.4 Å². The number of aromatic nitrogens is 1. The fourth-order valence-electron chi connectivity index (χ4n) is 2.07. The number of Topliss-reactive ketones (excluding diaryl/α,β-unsaturated/α-hetero) is 1. The lowest BCUT2D eigenvalue weighted by atomic mass is 10.2. The predicted molar refractivity (Wildman–Crippen MR) is 69.1 cm³/mol. The summed E-state index contributed by atoms with van der Waals surface area (Å²) in [5.74, 6) is -0.336. The maximum absolute atomic E-state index is 12.8. The average molecular weight is 246 g/mol. The first-order chi connectivity index (χ1) is 8.49. The summed E-state index contributed by atoms with van der Waals surface area (Å²) in [6, 6.07) is 8.00. The van der Waals surface area contributed by atoms with Crippen LogP contribution in [0.25, 0.3) is 0 Å². The van der Waals surface area contributed by atoms with E-state index in [4.69, 9.17) is 5.73 Å². The summed E-state index contributed by atoms with van der Waals surface area (Å²) in [5, 5.41) is 0. The van der Waals surface area contributed by atoms with E-state index >= 15 is 0 Å². The van der Waals surface area contributed by atoms with Crippen LogP contribution in [0.4, 0.5) is 10.1 Å². The summed E-state index contributed by atoms with van der Waals surface area (Å²) in [6.07, 6.45) is 0. The lowest BCUT2D eigenvalue weighted by Gasteiger charge is -2.10. The van der Waals surface area contributed by atoms with Gasteiger partial charge in [-0.1, -0.05) is 12.1 Å². The quantitative estimate of drug-likeness (QED) is 0.846. The van der Waals surface area contributed by atoms with E-state index in [1.807, 2.05) is 11.5 Å². The zero-order valence-electron chi connectivity index (χ0n) is 10.4. The van der Waals surface area contributed by atoms with E-state index in [0.29, 0.717) is 17.9 Å². The van der Waals surface area contributed by atoms with Gasteiger partial charge in [-0.3, -0.25) is 4.79 Å². The van der Waals surface area contributed by atoms with Gasteiger partial charge in [0.25, 0.3) is 0 Å². The lowest BCUT2D eigenvalue weighted by Crippen LogP contribution is -2.10. The van der Waals surface area contributed by atoms with Crippen LogP contribution < -0.4 is 5.73 Å². The summed E-state index contributed by atoms with van der Waals surface area (Å²) < 4.78 is 14.7. The Labute approximate surface area is 105 Å². The molecular formula is C14H15FN2O. The average Bonchev–Trinajstić information content (AvgIpc) is 2.57. The van der Waals surface area contributed by atoms with E-state index in [0.717, 1.165) is 11.3 Å². The van der Waals surface area contributed by atoms with Crippen molar-refractivity contribution in [3.63, 3.8) is 0 Å². The van der Waals surface area contributed by atoms with Gasteiger partial charge >= 0.3 is 0 Å². The highest BCUT2D eigenvalue weighted by atomic mass is 19.1. The molecule has 0 spiro atoms. The molecule has 0 aliphatic carbocycles. The highest BCUT2D eigenvalue weighted by Crippen LogP contribution is 2.20. The number of nitrogens with two attached hydrogens (primary N) is 1. The van der Waals surface area contributed by atoms with Crippen molar-refractivity contribution in [3.8, 4) is 0 Å². The van der Waals surface area contributed by atoms with Crippen molar-refractivity contribution < 1.29 is 9.18 Å². The third kappa shape index (κ3) is 2.27. The normalized spacial score (nSPS) is 10.6. The number of hydrogen-bond acceptors (Lipinski definition) is 2. The molecule has 0 aliphatic rings. The van der Waals surface area contributed by atoms with Crippen LogP contribution in [-0.2, 0) is 6.54 Å². The van der Waals surface area contributed by atoms with Crippen LogP contribution in [0, 0.1) is 12.7 Å². The third-order valence-electron chi connectivity index (χ3n) is 2.92. The number of halogens is 1. The van der Waals surface area contributed by atoms with Crippen LogP contribution >= 0.6 is 0 Å². The van der Waals surface area contributed by atoms with Crippen LogP contribution in [0.2, 0.25) is 0 Å². The van der Waals surface area contributed by atoms with Crippen molar-refractivity contribution in [1.29, 1.82) is 0 Å². The molecule has 0 saturated carbocycles. The Balaban J connectivity index is 2.39. The molecule has 18 heavy (non-hydrogen) atoms. The van der Waals surface area contributed by atoms with Crippen molar-refractivity contribution in [3.05, 3.63) is 53.1 Å². The molecule has 0 bridgehead atoms. The molecule has 0 fully saturated rings. The second kappa shape index (κ2) is 4.64. The highest BCUT2D eigenvalue weighted by Gasteiger charge is 2.14. The molecule has 2 aromatic rings. The minimum Gasteiger partial charge on any atom is -0.397 e. The molecule has 0 unspecified atom stereocenters. The van der Waals surface area contributed by atoms with E-state index in [1.165, 1.54) is 19.1 Å². The molecule has 4 heteroatoms. The molecular weight excluding hydrogens is 231 g/mol. The number of aryl methyl sites for hydroxylation is 1. The zero-order chi connectivity index (χ0) is 13.3. The molecule has 94 valence electrons. The molecule has 1 aromatic carbocycles. The summed E-state index contributed by atoms with van der Waals surface area (Å²) >= 11 is 0. The van der Waals surface area contributed by atoms with Gasteiger partial charge in [0.1, 0.15) is 11.5 Å². The minimum atomic E-state index is -0.269. The van der Waals surface area contributed by atoms with Gasteiger partial charge < -0.3 is 10.3 Å². The molecule has 0 radical (unpaired) electrons. The van der Waals surface area contributed by atoms with Gasteiger partial charge in [-0.2, -0.15) is 0 Å². The molecule has 2 N–H and O–H groups in total. The standard InChI is InChI=1S/C14H15FN2O/c1-9-7-13(16)14(10(2)18)17(9)8-11-3-5-12(15)6-4-11/h3-7H,8,16H2,1-2H3. The van der Waals surface area contributed by atoms with E-state index in [-0.39, 0.29) is 11.6 Å². The monoisotopic (exact) mass is 246 g/mol. The highest BCUT2D eigenvalue weighted by molar-refractivity contribution is 5.98. The van der Waals surface area contributed by atoms with E-state index in [1.54, 1.807) is 18.2 Å². The fourth-order valence-corrected chi connectivity index (χ4v) is 2.07. The summed E-state index contributed by atoms with van der Waals surface area (Å²) in [6.45, 7) is 3.90. The van der Waals surface area contributed by atoms with Crippen molar-refractivity contribution in [2.45, 2.75) is 20.4 Å². The molecule has 3 nitrogen and oxygen atoms in total. The number of anilines is 1. The number of carbonyl (C=O) groups is 1. The predicted octanol–water partition coefficient (Wildman–Crippen LogP) is 2.77. The van der Waals surface area contributed by atoms with Gasteiger partial charge in [-0.15, -0.1) is 0 Å². The van der Waals surface area contributed by atoms with Gasteiger partial charge in [0.05, 0.1) is 5.69 Å². The second-order valence-electron chi connectivity index (χ2n) is 4.36. The molecule has 1 heterocycles. The fraction of sp³-hybridized carbons (Fsp3) is 0.214. The maximum atomic E-state index is 12.8. The molecule has 0 aliphatic heterocycles. The Morgan fingerprint density at radius 2 is 1.94 bits per heavy atom. The summed E-state index contributed by atoms with van der Waals surface area (Å²) in [7, 11) is 0. The number of nitrogen functional groups attached to an aromatic ring is 1. The van der Waals surface area contributed by atoms with E-state index < -0.39 is 0 Å². The summed E-state index contributed by atoms with van der Waals surface area (Å²) in [5.41, 5.74) is 8.67. The first-order valence-electron chi connectivity index (χ1n) is 5.70. The first kappa shape index (κ1) is 12.4. The number of rotatable bonds is 3. The minimum absolute atomic E-state index is 0.0669. The van der Waals surface area contributed by atoms with E-state index in [2.05, 4.69) is 0 Å². The molecule has 0 amide bonds. The van der Waals surface area contributed by atoms with Crippen molar-refractivity contribution in [2.75, 3.05) is 5.73 Å². The Morgan fingerprint density at radius 1 is 1.33 bits per heavy atom. The Hall–Kier alpha value is -2.10. The number of hydrogen-bond donors (Lipinski definition) is 1. The van der Waals surface area contributed by atoms with Crippen LogP contribution in [0.3, 0.4) is 0 Å². The van der Waals surface area contributed by atoms with Crippen molar-refractivity contribution >= 4 is 11.5 Å². The Morgan fingerprint density at radius 3 is 2.50 bits per heavy atom. The van der Waals surface area contributed by atoms with Gasteiger partial charge in [0, 0.05) is 19.2 Å².